The van der Waals surface area contributed by atoms with Crippen molar-refractivity contribution in [1.29, 1.82) is 0 Å². The summed E-state index contributed by atoms with van der Waals surface area (Å²) < 4.78 is 35.3. The zero-order valence-electron chi connectivity index (χ0n) is 16.1. The number of carbonyl (C=O) groups excluding carboxylic acids is 1. The van der Waals surface area contributed by atoms with Gasteiger partial charge in [0, 0.05) is 30.4 Å². The fraction of sp³-hybridized carbons (Fsp3) is 0.222. The Balaban J connectivity index is 1.95. The Morgan fingerprint density at radius 3 is 2.45 bits per heavy atom. The van der Waals surface area contributed by atoms with E-state index in [4.69, 9.17) is 4.74 Å². The zero-order valence-corrected chi connectivity index (χ0v) is 16.9. The van der Waals surface area contributed by atoms with E-state index in [1.807, 2.05) is 6.92 Å². The number of nitrogens with zero attached hydrogens (tertiary/aromatic N) is 4. The number of benzene rings is 2. The summed E-state index contributed by atoms with van der Waals surface area (Å²) in [5, 5.41) is 14.1. The molecule has 0 saturated carbocycles. The van der Waals surface area contributed by atoms with Crippen LogP contribution in [-0.2, 0) is 21.4 Å². The zero-order chi connectivity index (χ0) is 21.0. The molecule has 2 aromatic carbocycles. The van der Waals surface area contributed by atoms with Crippen LogP contribution < -0.4 is 14.8 Å². The fourth-order valence-corrected chi connectivity index (χ4v) is 3.94. The highest BCUT2D eigenvalue weighted by atomic mass is 32.2. The van der Waals surface area contributed by atoms with Gasteiger partial charge in [-0.3, -0.25) is 9.52 Å². The number of nitrogens with one attached hydrogen (secondary N) is 2. The minimum atomic E-state index is -3.97. The van der Waals surface area contributed by atoms with Crippen LogP contribution in [0.2, 0.25) is 0 Å². The normalized spacial score (nSPS) is 11.1. The van der Waals surface area contributed by atoms with Crippen LogP contribution in [0.15, 0.2) is 47.4 Å². The van der Waals surface area contributed by atoms with Gasteiger partial charge in [0.25, 0.3) is 10.0 Å². The first-order chi connectivity index (χ1) is 13.8. The third kappa shape index (κ3) is 4.51. The monoisotopic (exact) mass is 416 g/mol. The summed E-state index contributed by atoms with van der Waals surface area (Å²) in [6, 6.07) is 11.0. The van der Waals surface area contributed by atoms with Gasteiger partial charge in [0.15, 0.2) is 5.82 Å². The predicted octanol–water partition coefficient (Wildman–Crippen LogP) is 2.13. The van der Waals surface area contributed by atoms with Crippen LogP contribution in [-0.4, -0.2) is 41.6 Å². The lowest BCUT2D eigenvalue weighted by atomic mass is 10.2. The van der Waals surface area contributed by atoms with Gasteiger partial charge in [-0.25, -0.2) is 13.1 Å². The average molecular weight is 416 g/mol. The number of ether oxygens (including phenoxy) is 1. The van der Waals surface area contributed by atoms with Gasteiger partial charge in [0.2, 0.25) is 5.91 Å². The number of hydrogen-bond donors (Lipinski definition) is 2. The summed E-state index contributed by atoms with van der Waals surface area (Å²) in [6.07, 6.45) is 0. The molecule has 1 aromatic heterocycles. The second-order valence-electron chi connectivity index (χ2n) is 6.05. The minimum Gasteiger partial charge on any atom is -0.495 e. The molecule has 0 atom stereocenters. The van der Waals surface area contributed by atoms with E-state index in [9.17, 15) is 13.2 Å². The Hall–Kier alpha value is -3.47. The maximum absolute atomic E-state index is 13.0. The van der Waals surface area contributed by atoms with Crippen molar-refractivity contribution in [2.45, 2.75) is 25.3 Å². The van der Waals surface area contributed by atoms with Crippen LogP contribution in [0.5, 0.6) is 5.75 Å². The summed E-state index contributed by atoms with van der Waals surface area (Å²) in [6.45, 7) is 3.81. The smallest absolute Gasteiger partial charge is 0.265 e. The molecule has 3 aromatic rings. The van der Waals surface area contributed by atoms with Crippen LogP contribution in [0.3, 0.4) is 0 Å². The van der Waals surface area contributed by atoms with Crippen molar-refractivity contribution in [1.82, 2.24) is 20.2 Å². The predicted molar refractivity (Wildman–Crippen MR) is 107 cm³/mol. The summed E-state index contributed by atoms with van der Waals surface area (Å²) in [7, 11) is -2.57. The molecule has 29 heavy (non-hydrogen) atoms. The quantitative estimate of drug-likeness (QED) is 0.604. The number of aromatic nitrogens is 4. The van der Waals surface area contributed by atoms with Crippen molar-refractivity contribution in [2.24, 2.45) is 0 Å². The largest absolute Gasteiger partial charge is 0.495 e. The van der Waals surface area contributed by atoms with Crippen molar-refractivity contribution in [2.75, 3.05) is 17.1 Å². The molecule has 2 N–H and O–H groups in total. The first-order valence-electron chi connectivity index (χ1n) is 8.69. The summed E-state index contributed by atoms with van der Waals surface area (Å²) >= 11 is 0. The van der Waals surface area contributed by atoms with Crippen LogP contribution in [0, 0.1) is 0 Å². The lowest BCUT2D eigenvalue weighted by molar-refractivity contribution is -0.114. The molecule has 11 heteroatoms. The first kappa shape index (κ1) is 20.3. The molecular weight excluding hydrogens is 396 g/mol. The molecule has 0 bridgehead atoms. The van der Waals surface area contributed by atoms with Gasteiger partial charge in [-0.2, -0.15) is 0 Å². The Labute approximate surface area is 167 Å². The molecule has 152 valence electrons. The molecular formula is C18H20N6O4S. The van der Waals surface area contributed by atoms with E-state index < -0.39 is 10.0 Å². The third-order valence-electron chi connectivity index (χ3n) is 4.00. The summed E-state index contributed by atoms with van der Waals surface area (Å²) in [4.78, 5) is 11.1. The second kappa shape index (κ2) is 8.27. The van der Waals surface area contributed by atoms with Crippen LogP contribution >= 0.6 is 0 Å². The first-order valence-corrected chi connectivity index (χ1v) is 10.2. The van der Waals surface area contributed by atoms with E-state index in [1.54, 1.807) is 41.1 Å². The number of amides is 1. The van der Waals surface area contributed by atoms with Gasteiger partial charge < -0.3 is 10.1 Å². The Bertz CT molecular complexity index is 1130. The Kier molecular flexibility index (Phi) is 5.78. The molecule has 0 saturated heterocycles. The SMILES string of the molecule is CCn1nnnc1-c1ccc(OC)c(S(=O)(=O)Nc2ccc(NC(C)=O)cc2)c1. The number of aryl methyl sites for hydroxylation is 1. The van der Waals surface area contributed by atoms with E-state index in [-0.39, 0.29) is 16.6 Å². The lowest BCUT2D eigenvalue weighted by Gasteiger charge is -2.13. The summed E-state index contributed by atoms with van der Waals surface area (Å²) in [5.41, 5.74) is 1.44. The molecule has 1 amide bonds. The van der Waals surface area contributed by atoms with Crippen molar-refractivity contribution < 1.29 is 17.9 Å². The maximum atomic E-state index is 13.0. The molecule has 0 spiro atoms. The average Bonchev–Trinajstić information content (AvgIpc) is 3.17. The summed E-state index contributed by atoms with van der Waals surface area (Å²) in [5.74, 6) is 0.423. The van der Waals surface area contributed by atoms with Crippen molar-refractivity contribution in [3.63, 3.8) is 0 Å². The van der Waals surface area contributed by atoms with E-state index in [0.29, 0.717) is 29.3 Å². The highest BCUT2D eigenvalue weighted by Crippen LogP contribution is 2.30. The van der Waals surface area contributed by atoms with Gasteiger partial charge >= 0.3 is 0 Å². The van der Waals surface area contributed by atoms with Crippen molar-refractivity contribution >= 4 is 27.3 Å². The molecule has 1 heterocycles. The molecule has 0 radical (unpaired) electrons. The van der Waals surface area contributed by atoms with Gasteiger partial charge in [0.05, 0.1) is 7.11 Å². The van der Waals surface area contributed by atoms with Crippen molar-refractivity contribution in [3.8, 4) is 17.1 Å². The van der Waals surface area contributed by atoms with E-state index in [2.05, 4.69) is 25.6 Å². The maximum Gasteiger partial charge on any atom is 0.265 e. The lowest BCUT2D eigenvalue weighted by Crippen LogP contribution is -2.14. The van der Waals surface area contributed by atoms with Crippen molar-refractivity contribution in [3.05, 3.63) is 42.5 Å². The number of anilines is 2. The van der Waals surface area contributed by atoms with Crippen LogP contribution in [0.4, 0.5) is 11.4 Å². The van der Waals surface area contributed by atoms with Gasteiger partial charge in [0.1, 0.15) is 10.6 Å². The van der Waals surface area contributed by atoms with Gasteiger partial charge in [-0.15, -0.1) is 5.10 Å². The fourth-order valence-electron chi connectivity index (χ4n) is 2.69. The number of methoxy groups -OCH3 is 1. The topological polar surface area (TPSA) is 128 Å². The minimum absolute atomic E-state index is 0.0471. The number of carbonyl (C=O) groups is 1. The number of rotatable bonds is 7. The standard InChI is InChI=1S/C18H20N6O4S/c1-4-24-18(20-22-23-24)13-5-10-16(28-3)17(11-13)29(26,27)21-15-8-6-14(7-9-15)19-12(2)25/h5-11,21H,4H2,1-3H3,(H,19,25). The Morgan fingerprint density at radius 1 is 1.14 bits per heavy atom. The third-order valence-corrected chi connectivity index (χ3v) is 5.40. The highest BCUT2D eigenvalue weighted by molar-refractivity contribution is 7.92. The van der Waals surface area contributed by atoms with E-state index >= 15 is 0 Å². The molecule has 3 rings (SSSR count). The molecule has 0 fully saturated rings. The van der Waals surface area contributed by atoms with Gasteiger partial charge in [-0.1, -0.05) is 0 Å². The Morgan fingerprint density at radius 2 is 1.83 bits per heavy atom. The molecule has 0 aliphatic heterocycles. The molecule has 10 nitrogen and oxygen atoms in total. The van der Waals surface area contributed by atoms with E-state index in [1.165, 1.54) is 20.1 Å². The molecule has 0 aliphatic carbocycles. The number of tetrazole rings is 1. The molecule has 0 aliphatic rings. The number of hydrogen-bond acceptors (Lipinski definition) is 7. The molecule has 0 unspecified atom stereocenters. The second-order valence-corrected chi connectivity index (χ2v) is 7.70. The van der Waals surface area contributed by atoms with E-state index in [0.717, 1.165) is 0 Å². The van der Waals surface area contributed by atoms with Gasteiger partial charge in [-0.05, 0) is 59.8 Å². The van der Waals surface area contributed by atoms with Crippen LogP contribution in [0.1, 0.15) is 13.8 Å². The van der Waals surface area contributed by atoms with Crippen LogP contribution in [0.25, 0.3) is 11.4 Å². The highest BCUT2D eigenvalue weighted by Gasteiger charge is 2.22. The number of sulfonamides is 1.